The van der Waals surface area contributed by atoms with Crippen LogP contribution >= 0.6 is 0 Å². The Balaban J connectivity index is 1.26. The fourth-order valence-corrected chi connectivity index (χ4v) is 8.67. The summed E-state index contributed by atoms with van der Waals surface area (Å²) >= 11 is 0. The molecule has 0 aliphatic rings. The van der Waals surface area contributed by atoms with Crippen LogP contribution in [0, 0.1) is 11.3 Å². The molecule has 0 amide bonds. The zero-order chi connectivity index (χ0) is 35.0. The molecule has 0 saturated carbocycles. The quantitative estimate of drug-likeness (QED) is 0.183. The minimum absolute atomic E-state index is 0.601. The summed E-state index contributed by atoms with van der Waals surface area (Å²) in [6, 6.07) is 67.2. The number of fused-ring (bicyclic) bond motifs is 9. The van der Waals surface area contributed by atoms with Crippen molar-refractivity contribution in [2.75, 3.05) is 0 Å². The van der Waals surface area contributed by atoms with Crippen LogP contribution in [0.3, 0.4) is 0 Å². The van der Waals surface area contributed by atoms with Crippen molar-refractivity contribution in [1.82, 2.24) is 13.7 Å². The lowest BCUT2D eigenvalue weighted by Crippen LogP contribution is -2.05. The third kappa shape index (κ3) is 4.22. The molecule has 53 heavy (non-hydrogen) atoms. The number of para-hydroxylation sites is 6. The van der Waals surface area contributed by atoms with Gasteiger partial charge < -0.3 is 13.7 Å². The Morgan fingerprint density at radius 2 is 0.642 bits per heavy atom. The molecule has 0 bridgehead atoms. The van der Waals surface area contributed by atoms with Gasteiger partial charge in [-0.3, -0.25) is 0 Å². The van der Waals surface area contributed by atoms with E-state index >= 15 is 0 Å². The van der Waals surface area contributed by atoms with Crippen LogP contribution in [-0.4, -0.2) is 13.7 Å². The predicted molar refractivity (Wildman–Crippen MR) is 220 cm³/mol. The van der Waals surface area contributed by atoms with Crippen molar-refractivity contribution >= 4 is 65.4 Å². The second-order valence-electron chi connectivity index (χ2n) is 13.7. The summed E-state index contributed by atoms with van der Waals surface area (Å²) in [6.07, 6.45) is 0. The monoisotopic (exact) mass is 674 g/mol. The molecule has 0 saturated heterocycles. The number of hydrogen-bond donors (Lipinski definition) is 0. The zero-order valence-corrected chi connectivity index (χ0v) is 28.6. The molecule has 246 valence electrons. The number of nitriles is 1. The van der Waals surface area contributed by atoms with Crippen LogP contribution in [0.4, 0.5) is 0 Å². The highest BCUT2D eigenvalue weighted by atomic mass is 15.0. The summed E-state index contributed by atoms with van der Waals surface area (Å²) in [7, 11) is 0. The van der Waals surface area contributed by atoms with Gasteiger partial charge in [0.25, 0.3) is 0 Å². The van der Waals surface area contributed by atoms with E-state index in [1.54, 1.807) is 0 Å². The fourth-order valence-electron chi connectivity index (χ4n) is 8.67. The van der Waals surface area contributed by atoms with Crippen molar-refractivity contribution in [2.24, 2.45) is 0 Å². The van der Waals surface area contributed by atoms with Gasteiger partial charge >= 0.3 is 0 Å². The van der Waals surface area contributed by atoms with Gasteiger partial charge in [0.1, 0.15) is 0 Å². The molecule has 8 aromatic carbocycles. The lowest BCUT2D eigenvalue weighted by Gasteiger charge is -2.21. The molecule has 3 heterocycles. The molecule has 4 heteroatoms. The molecule has 4 nitrogen and oxygen atoms in total. The van der Waals surface area contributed by atoms with E-state index < -0.39 is 0 Å². The lowest BCUT2D eigenvalue weighted by molar-refractivity contribution is 1.13. The van der Waals surface area contributed by atoms with Crippen LogP contribution in [0.2, 0.25) is 0 Å². The van der Waals surface area contributed by atoms with Crippen LogP contribution < -0.4 is 0 Å². The second-order valence-corrected chi connectivity index (χ2v) is 13.7. The van der Waals surface area contributed by atoms with E-state index in [0.717, 1.165) is 50.3 Å². The number of nitrogens with zero attached hydrogens (tertiary/aromatic N) is 4. The second kappa shape index (κ2) is 11.3. The van der Waals surface area contributed by atoms with E-state index in [4.69, 9.17) is 0 Å². The number of hydrogen-bond acceptors (Lipinski definition) is 1. The van der Waals surface area contributed by atoms with E-state index in [2.05, 4.69) is 202 Å². The first-order chi connectivity index (χ1) is 26.3. The van der Waals surface area contributed by atoms with Crippen LogP contribution in [0.15, 0.2) is 182 Å². The fraction of sp³-hybridized carbons (Fsp3) is 0. The van der Waals surface area contributed by atoms with Gasteiger partial charge in [-0.25, -0.2) is 0 Å². The van der Waals surface area contributed by atoms with Crippen molar-refractivity contribution < 1.29 is 0 Å². The van der Waals surface area contributed by atoms with Gasteiger partial charge in [-0.2, -0.15) is 5.26 Å². The van der Waals surface area contributed by atoms with Gasteiger partial charge in [-0.05, 0) is 66.2 Å². The molecule has 0 spiro atoms. The third-order valence-corrected chi connectivity index (χ3v) is 10.9. The molecule has 0 aliphatic heterocycles. The van der Waals surface area contributed by atoms with Crippen molar-refractivity contribution in [2.45, 2.75) is 0 Å². The minimum atomic E-state index is 0.601. The molecule has 0 unspecified atom stereocenters. The Hall–Kier alpha value is -7.35. The summed E-state index contributed by atoms with van der Waals surface area (Å²) in [5, 5.41) is 17.8. The van der Waals surface area contributed by atoms with E-state index in [1.807, 2.05) is 0 Å². The predicted octanol–water partition coefficient (Wildman–Crippen LogP) is 12.5. The summed E-state index contributed by atoms with van der Waals surface area (Å²) in [6.45, 7) is 0. The first kappa shape index (κ1) is 29.4. The SMILES string of the molecule is N#Cc1cc(-n2c3ccccc3c3ccccc32)c(-c2ccc(-n3c4ccccc4c4ccccc43)cc2)c(-n2c3ccccc3c3ccccc32)c1. The Morgan fingerprint density at radius 1 is 0.340 bits per heavy atom. The minimum Gasteiger partial charge on any atom is -0.309 e. The van der Waals surface area contributed by atoms with Gasteiger partial charge in [0.15, 0.2) is 0 Å². The van der Waals surface area contributed by atoms with E-state index in [9.17, 15) is 5.26 Å². The molecular formula is C49H30N4. The van der Waals surface area contributed by atoms with Crippen LogP contribution in [0.1, 0.15) is 5.56 Å². The van der Waals surface area contributed by atoms with Crippen molar-refractivity contribution in [3.05, 3.63) is 188 Å². The third-order valence-electron chi connectivity index (χ3n) is 10.9. The standard InChI is InChI=1S/C49H30N4/c50-31-32-29-47(52-43-21-9-3-15-37(43)38-16-4-10-22-44(38)52)49(48(30-32)53-45-23-11-5-17-39(45)40-18-6-12-24-46(40)53)33-25-27-34(28-26-33)51-41-19-7-1-13-35(41)36-14-2-8-20-42(36)51/h1-30H. The maximum atomic E-state index is 10.6. The molecule has 0 fully saturated rings. The topological polar surface area (TPSA) is 38.6 Å². The number of rotatable bonds is 4. The Kier molecular flexibility index (Phi) is 6.28. The first-order valence-corrected chi connectivity index (χ1v) is 17.9. The Bertz CT molecular complexity index is 3000. The maximum absolute atomic E-state index is 10.6. The highest BCUT2D eigenvalue weighted by molar-refractivity contribution is 6.12. The van der Waals surface area contributed by atoms with E-state index in [-0.39, 0.29) is 0 Å². The smallest absolute Gasteiger partial charge is 0.0993 e. The largest absolute Gasteiger partial charge is 0.309 e. The molecular weight excluding hydrogens is 645 g/mol. The molecule has 0 atom stereocenters. The van der Waals surface area contributed by atoms with Crippen LogP contribution in [0.5, 0.6) is 0 Å². The van der Waals surface area contributed by atoms with E-state index in [1.165, 1.54) is 43.4 Å². The van der Waals surface area contributed by atoms with Crippen LogP contribution in [-0.2, 0) is 0 Å². The van der Waals surface area contributed by atoms with Gasteiger partial charge in [0.2, 0.25) is 0 Å². The summed E-state index contributed by atoms with van der Waals surface area (Å²) < 4.78 is 7.05. The lowest BCUT2D eigenvalue weighted by atomic mass is 9.97. The van der Waals surface area contributed by atoms with Gasteiger partial charge in [0.05, 0.1) is 56.1 Å². The van der Waals surface area contributed by atoms with Crippen molar-refractivity contribution in [1.29, 1.82) is 5.26 Å². The van der Waals surface area contributed by atoms with Gasteiger partial charge in [-0.1, -0.05) is 121 Å². The van der Waals surface area contributed by atoms with E-state index in [0.29, 0.717) is 5.56 Å². The zero-order valence-electron chi connectivity index (χ0n) is 28.6. The summed E-state index contributed by atoms with van der Waals surface area (Å²) in [5.74, 6) is 0. The molecule has 11 aromatic rings. The first-order valence-electron chi connectivity index (χ1n) is 17.9. The molecule has 0 radical (unpaired) electrons. The molecule has 0 N–H and O–H groups in total. The summed E-state index contributed by atoms with van der Waals surface area (Å²) in [4.78, 5) is 0. The van der Waals surface area contributed by atoms with Gasteiger partial charge in [0, 0.05) is 43.6 Å². The Morgan fingerprint density at radius 3 is 0.962 bits per heavy atom. The van der Waals surface area contributed by atoms with Crippen molar-refractivity contribution in [3.8, 4) is 34.3 Å². The highest BCUT2D eigenvalue weighted by Crippen LogP contribution is 2.43. The maximum Gasteiger partial charge on any atom is 0.0993 e. The summed E-state index contributed by atoms with van der Waals surface area (Å²) in [5.41, 5.74) is 12.5. The normalized spacial score (nSPS) is 11.8. The average molecular weight is 675 g/mol. The number of benzene rings is 8. The Labute approximate surface area is 305 Å². The highest BCUT2D eigenvalue weighted by Gasteiger charge is 2.23. The number of aromatic nitrogens is 3. The molecule has 11 rings (SSSR count). The van der Waals surface area contributed by atoms with Crippen LogP contribution in [0.25, 0.3) is 93.6 Å². The van der Waals surface area contributed by atoms with Crippen molar-refractivity contribution in [3.63, 3.8) is 0 Å². The van der Waals surface area contributed by atoms with Gasteiger partial charge in [-0.15, -0.1) is 0 Å². The molecule has 3 aromatic heterocycles. The molecule has 0 aliphatic carbocycles. The average Bonchev–Trinajstić information content (AvgIpc) is 3.86.